The topological polar surface area (TPSA) is 64.2 Å². The molecule has 0 saturated carbocycles. The Morgan fingerprint density at radius 3 is 2.63 bits per heavy atom. The Morgan fingerprint density at radius 2 is 1.96 bits per heavy atom. The quantitative estimate of drug-likeness (QED) is 0.709. The smallest absolute Gasteiger partial charge is 0.222 e. The van der Waals surface area contributed by atoms with Crippen LogP contribution >= 0.6 is 0 Å². The molecule has 0 radical (unpaired) electrons. The van der Waals surface area contributed by atoms with Gasteiger partial charge < -0.3 is 9.32 Å². The van der Waals surface area contributed by atoms with E-state index < -0.39 is 0 Å². The second-order valence-electron chi connectivity index (χ2n) is 7.45. The molecule has 6 heteroatoms. The van der Waals surface area contributed by atoms with Crippen LogP contribution in [-0.2, 0) is 18.3 Å². The zero-order chi connectivity index (χ0) is 19.0. The molecule has 1 aliphatic heterocycles. The van der Waals surface area contributed by atoms with Gasteiger partial charge in [-0.1, -0.05) is 12.1 Å². The third-order valence-corrected chi connectivity index (χ3v) is 5.76. The van der Waals surface area contributed by atoms with E-state index in [9.17, 15) is 4.79 Å². The van der Waals surface area contributed by atoms with E-state index in [2.05, 4.69) is 17.0 Å². The van der Waals surface area contributed by atoms with Gasteiger partial charge in [-0.15, -0.1) is 0 Å². The van der Waals surface area contributed by atoms with Gasteiger partial charge in [0.25, 0.3) is 0 Å². The lowest BCUT2D eigenvalue weighted by Crippen LogP contribution is -2.38. The Balaban J connectivity index is 1.33. The monoisotopic (exact) mass is 366 g/mol. The van der Waals surface area contributed by atoms with E-state index in [-0.39, 0.29) is 5.91 Å². The molecule has 4 rings (SSSR count). The van der Waals surface area contributed by atoms with Gasteiger partial charge in [-0.3, -0.25) is 9.48 Å². The van der Waals surface area contributed by atoms with Crippen molar-refractivity contribution in [3.63, 3.8) is 0 Å². The molecule has 3 aromatic rings. The molecule has 0 bridgehead atoms. The minimum atomic E-state index is 0.230. The molecular formula is C21H26N4O2. The van der Waals surface area contributed by atoms with Crippen LogP contribution in [0.5, 0.6) is 0 Å². The summed E-state index contributed by atoms with van der Waals surface area (Å²) in [6.07, 6.45) is 3.11. The summed E-state index contributed by atoms with van der Waals surface area (Å²) in [5.41, 5.74) is 5.13. The summed E-state index contributed by atoms with van der Waals surface area (Å²) in [5, 5.41) is 4.44. The number of benzene rings is 1. The van der Waals surface area contributed by atoms with Crippen molar-refractivity contribution in [2.75, 3.05) is 13.1 Å². The number of amides is 1. The van der Waals surface area contributed by atoms with Gasteiger partial charge in [-0.25, -0.2) is 4.98 Å². The lowest BCUT2D eigenvalue weighted by atomic mass is 9.96. The summed E-state index contributed by atoms with van der Waals surface area (Å²) >= 11 is 0. The molecule has 1 fully saturated rings. The van der Waals surface area contributed by atoms with Gasteiger partial charge in [-0.05, 0) is 50.8 Å². The molecule has 0 unspecified atom stereocenters. The lowest BCUT2D eigenvalue weighted by Gasteiger charge is -2.30. The van der Waals surface area contributed by atoms with Crippen molar-refractivity contribution in [1.29, 1.82) is 0 Å². The van der Waals surface area contributed by atoms with Crippen molar-refractivity contribution in [2.24, 2.45) is 7.05 Å². The first kappa shape index (κ1) is 17.8. The number of likely N-dealkylation sites (tertiary alicyclic amines) is 1. The predicted octanol–water partition coefficient (Wildman–Crippen LogP) is 3.52. The van der Waals surface area contributed by atoms with E-state index in [1.165, 1.54) is 5.56 Å². The number of fused-ring (bicyclic) bond motifs is 1. The van der Waals surface area contributed by atoms with Gasteiger partial charge in [0.2, 0.25) is 5.91 Å². The van der Waals surface area contributed by atoms with E-state index >= 15 is 0 Å². The molecule has 0 aliphatic carbocycles. The van der Waals surface area contributed by atoms with Gasteiger partial charge in [0.1, 0.15) is 5.52 Å². The van der Waals surface area contributed by atoms with Crippen LogP contribution in [0.2, 0.25) is 0 Å². The molecule has 3 heterocycles. The number of hydrogen-bond donors (Lipinski definition) is 0. The van der Waals surface area contributed by atoms with Crippen LogP contribution in [0, 0.1) is 13.8 Å². The Bertz CT molecular complexity index is 931. The van der Waals surface area contributed by atoms with Crippen molar-refractivity contribution in [3.05, 3.63) is 47.1 Å². The van der Waals surface area contributed by atoms with Crippen LogP contribution in [0.4, 0.5) is 0 Å². The molecule has 1 aromatic carbocycles. The first-order valence-corrected chi connectivity index (χ1v) is 9.65. The van der Waals surface area contributed by atoms with Gasteiger partial charge in [0.05, 0.1) is 5.69 Å². The normalized spacial score (nSPS) is 15.6. The van der Waals surface area contributed by atoms with E-state index in [1.54, 1.807) is 0 Å². The van der Waals surface area contributed by atoms with E-state index in [0.717, 1.165) is 60.7 Å². The second-order valence-corrected chi connectivity index (χ2v) is 7.45. The zero-order valence-corrected chi connectivity index (χ0v) is 16.2. The third-order valence-electron chi connectivity index (χ3n) is 5.76. The maximum atomic E-state index is 12.6. The first-order chi connectivity index (χ1) is 13.0. The lowest BCUT2D eigenvalue weighted by molar-refractivity contribution is -0.132. The molecule has 2 aromatic heterocycles. The summed E-state index contributed by atoms with van der Waals surface area (Å²) in [6.45, 7) is 5.62. The highest BCUT2D eigenvalue weighted by atomic mass is 16.3. The highest BCUT2D eigenvalue weighted by Crippen LogP contribution is 2.30. The molecule has 0 spiro atoms. The molecule has 27 heavy (non-hydrogen) atoms. The number of piperidine rings is 1. The average molecular weight is 366 g/mol. The Hall–Kier alpha value is -2.63. The van der Waals surface area contributed by atoms with Crippen LogP contribution < -0.4 is 0 Å². The number of carbonyl (C=O) groups is 1. The van der Waals surface area contributed by atoms with Crippen LogP contribution in [0.25, 0.3) is 11.1 Å². The number of rotatable bonds is 4. The van der Waals surface area contributed by atoms with E-state index in [4.69, 9.17) is 4.42 Å². The highest BCUT2D eigenvalue weighted by Gasteiger charge is 2.27. The first-order valence-electron chi connectivity index (χ1n) is 9.65. The Kier molecular flexibility index (Phi) is 4.72. The third kappa shape index (κ3) is 3.48. The fourth-order valence-electron chi connectivity index (χ4n) is 4.01. The van der Waals surface area contributed by atoms with Crippen molar-refractivity contribution in [1.82, 2.24) is 19.7 Å². The SMILES string of the molecule is Cc1nn(C)c(C)c1CCC(=O)N1CCC(c2nc3ccccc3o2)CC1. The molecule has 1 saturated heterocycles. The Morgan fingerprint density at radius 1 is 1.22 bits per heavy atom. The van der Waals surface area contributed by atoms with Gasteiger partial charge >= 0.3 is 0 Å². The second kappa shape index (κ2) is 7.18. The fraction of sp³-hybridized carbons (Fsp3) is 0.476. The number of aryl methyl sites for hydroxylation is 2. The molecule has 0 atom stereocenters. The highest BCUT2D eigenvalue weighted by molar-refractivity contribution is 5.76. The molecule has 6 nitrogen and oxygen atoms in total. The predicted molar refractivity (Wildman–Crippen MR) is 104 cm³/mol. The standard InChI is InChI=1S/C21H26N4O2/c1-14-17(15(2)24(3)23-14)8-9-20(26)25-12-10-16(11-13-25)21-22-18-6-4-5-7-19(18)27-21/h4-7,16H,8-13H2,1-3H3. The molecule has 0 N–H and O–H groups in total. The van der Waals surface area contributed by atoms with Crippen molar-refractivity contribution >= 4 is 17.0 Å². The van der Waals surface area contributed by atoms with Gasteiger partial charge in [-0.2, -0.15) is 5.10 Å². The van der Waals surface area contributed by atoms with Crippen LogP contribution in [0.3, 0.4) is 0 Å². The number of para-hydroxylation sites is 2. The van der Waals surface area contributed by atoms with Gasteiger partial charge in [0.15, 0.2) is 11.5 Å². The molecule has 1 aliphatic rings. The maximum Gasteiger partial charge on any atom is 0.222 e. The number of aromatic nitrogens is 3. The van der Waals surface area contributed by atoms with Crippen LogP contribution in [0.1, 0.15) is 48.0 Å². The summed E-state index contributed by atoms with van der Waals surface area (Å²) in [5.74, 6) is 1.34. The Labute approximate surface area is 159 Å². The number of hydrogen-bond acceptors (Lipinski definition) is 4. The summed E-state index contributed by atoms with van der Waals surface area (Å²) in [6, 6.07) is 7.86. The fourth-order valence-corrected chi connectivity index (χ4v) is 4.01. The summed E-state index contributed by atoms with van der Waals surface area (Å²) < 4.78 is 7.80. The van der Waals surface area contributed by atoms with E-state index in [1.807, 2.05) is 47.8 Å². The number of oxazole rings is 1. The number of carbonyl (C=O) groups excluding carboxylic acids is 1. The summed E-state index contributed by atoms with van der Waals surface area (Å²) in [7, 11) is 1.95. The minimum Gasteiger partial charge on any atom is -0.440 e. The molecular weight excluding hydrogens is 340 g/mol. The van der Waals surface area contributed by atoms with Crippen LogP contribution in [0.15, 0.2) is 28.7 Å². The van der Waals surface area contributed by atoms with E-state index in [0.29, 0.717) is 12.3 Å². The molecule has 142 valence electrons. The van der Waals surface area contributed by atoms with Crippen molar-refractivity contribution in [2.45, 2.75) is 45.4 Å². The molecule has 1 amide bonds. The largest absolute Gasteiger partial charge is 0.440 e. The number of nitrogens with zero attached hydrogens (tertiary/aromatic N) is 4. The zero-order valence-electron chi connectivity index (χ0n) is 16.2. The summed E-state index contributed by atoms with van der Waals surface area (Å²) in [4.78, 5) is 19.3. The maximum absolute atomic E-state index is 12.6. The van der Waals surface area contributed by atoms with Crippen molar-refractivity contribution < 1.29 is 9.21 Å². The van der Waals surface area contributed by atoms with Gasteiger partial charge in [0, 0.05) is 38.2 Å². The average Bonchev–Trinajstić information content (AvgIpc) is 3.21. The van der Waals surface area contributed by atoms with Crippen LogP contribution in [-0.4, -0.2) is 38.7 Å². The van der Waals surface area contributed by atoms with Crippen molar-refractivity contribution in [3.8, 4) is 0 Å². The minimum absolute atomic E-state index is 0.230.